The molecule has 2 heterocycles. The highest BCUT2D eigenvalue weighted by molar-refractivity contribution is 7.12. The molecule has 1 aromatic heterocycles. The number of hydrogen-bond donors (Lipinski definition) is 0. The van der Waals surface area contributed by atoms with E-state index >= 15 is 0 Å². The molecule has 0 aliphatic carbocycles. The van der Waals surface area contributed by atoms with Gasteiger partial charge in [0, 0.05) is 12.2 Å². The van der Waals surface area contributed by atoms with E-state index in [-0.39, 0.29) is 5.91 Å². The number of thiophene rings is 1. The van der Waals surface area contributed by atoms with Crippen LogP contribution in [0.5, 0.6) is 0 Å². The average Bonchev–Trinajstić information content (AvgIpc) is 3.07. The second kappa shape index (κ2) is 4.80. The van der Waals surface area contributed by atoms with Gasteiger partial charge < -0.3 is 4.90 Å². The molecular weight excluding hydrogens is 260 g/mol. The van der Waals surface area contributed by atoms with Gasteiger partial charge in [0.2, 0.25) is 6.08 Å². The minimum absolute atomic E-state index is 0.000910. The highest BCUT2D eigenvalue weighted by Gasteiger charge is 2.26. The van der Waals surface area contributed by atoms with Crippen molar-refractivity contribution in [3.8, 4) is 0 Å². The van der Waals surface area contributed by atoms with Gasteiger partial charge in [0.15, 0.2) is 0 Å². The van der Waals surface area contributed by atoms with E-state index in [0.717, 1.165) is 22.5 Å². The largest absolute Gasteiger partial charge is 0.307 e. The Kier molecular flexibility index (Phi) is 2.99. The standard InChI is InChI=1S/C14H10N2O2S/c17-9-15-11-4-3-10-5-6-16(12(10)8-11)14(18)13-2-1-7-19-13/h1-4,7-8H,5-6H2. The third-order valence-electron chi connectivity index (χ3n) is 3.12. The first-order valence-corrected chi connectivity index (χ1v) is 6.74. The molecule has 1 aromatic carbocycles. The fourth-order valence-electron chi connectivity index (χ4n) is 2.23. The lowest BCUT2D eigenvalue weighted by atomic mass is 10.1. The smallest absolute Gasteiger partial charge is 0.268 e. The lowest BCUT2D eigenvalue weighted by Gasteiger charge is -2.16. The molecule has 0 N–H and O–H groups in total. The summed E-state index contributed by atoms with van der Waals surface area (Å²) in [5, 5.41) is 1.89. The van der Waals surface area contributed by atoms with Gasteiger partial charge in [-0.2, -0.15) is 4.99 Å². The summed E-state index contributed by atoms with van der Waals surface area (Å²) in [4.78, 5) is 28.7. The van der Waals surface area contributed by atoms with Crippen molar-refractivity contribution in [2.45, 2.75) is 6.42 Å². The Bertz CT molecular complexity index is 673. The predicted octanol–water partition coefficient (Wildman–Crippen LogP) is 2.92. The van der Waals surface area contributed by atoms with Crippen LogP contribution in [0, 0.1) is 0 Å². The molecule has 0 saturated carbocycles. The Morgan fingerprint density at radius 3 is 3.00 bits per heavy atom. The molecule has 0 saturated heterocycles. The number of anilines is 1. The Labute approximate surface area is 114 Å². The summed E-state index contributed by atoms with van der Waals surface area (Å²) in [7, 11) is 0. The molecule has 1 aliphatic rings. The summed E-state index contributed by atoms with van der Waals surface area (Å²) in [5.74, 6) is 0.000910. The van der Waals surface area contributed by atoms with Gasteiger partial charge in [-0.1, -0.05) is 12.1 Å². The summed E-state index contributed by atoms with van der Waals surface area (Å²) in [6, 6.07) is 9.12. The Balaban J connectivity index is 1.99. The van der Waals surface area contributed by atoms with E-state index in [2.05, 4.69) is 4.99 Å². The van der Waals surface area contributed by atoms with Crippen molar-refractivity contribution in [3.63, 3.8) is 0 Å². The topological polar surface area (TPSA) is 49.7 Å². The van der Waals surface area contributed by atoms with Crippen LogP contribution >= 0.6 is 11.3 Å². The van der Waals surface area contributed by atoms with Crippen LogP contribution in [0.4, 0.5) is 11.4 Å². The molecule has 1 amide bonds. The number of carbonyl (C=O) groups excluding carboxylic acids is 2. The number of aliphatic imine (C=N–C) groups is 1. The van der Waals surface area contributed by atoms with Crippen LogP contribution in [0.25, 0.3) is 0 Å². The van der Waals surface area contributed by atoms with Crippen molar-refractivity contribution in [2.75, 3.05) is 11.4 Å². The van der Waals surface area contributed by atoms with Gasteiger partial charge in [-0.15, -0.1) is 11.3 Å². The van der Waals surface area contributed by atoms with E-state index in [9.17, 15) is 9.59 Å². The lowest BCUT2D eigenvalue weighted by Crippen LogP contribution is -2.28. The van der Waals surface area contributed by atoms with Crippen molar-refractivity contribution < 1.29 is 9.59 Å². The Morgan fingerprint density at radius 1 is 1.37 bits per heavy atom. The molecule has 4 nitrogen and oxygen atoms in total. The molecule has 0 radical (unpaired) electrons. The molecule has 19 heavy (non-hydrogen) atoms. The SMILES string of the molecule is O=C=Nc1ccc2c(c1)N(C(=O)c1cccs1)CC2. The maximum Gasteiger partial charge on any atom is 0.268 e. The van der Waals surface area contributed by atoms with Crippen LogP contribution < -0.4 is 4.90 Å². The van der Waals surface area contributed by atoms with E-state index in [4.69, 9.17) is 0 Å². The highest BCUT2D eigenvalue weighted by Crippen LogP contribution is 2.33. The molecule has 0 unspecified atom stereocenters. The number of nitrogens with zero attached hydrogens (tertiary/aromatic N) is 2. The van der Waals surface area contributed by atoms with Crippen molar-refractivity contribution in [3.05, 3.63) is 46.2 Å². The monoisotopic (exact) mass is 270 g/mol. The van der Waals surface area contributed by atoms with Crippen molar-refractivity contribution >= 4 is 34.7 Å². The fraction of sp³-hybridized carbons (Fsp3) is 0.143. The van der Waals surface area contributed by atoms with Gasteiger partial charge in [0.25, 0.3) is 5.91 Å². The molecule has 3 rings (SSSR count). The Hall–Kier alpha value is -2.23. The van der Waals surface area contributed by atoms with Gasteiger partial charge in [0.1, 0.15) is 0 Å². The minimum Gasteiger partial charge on any atom is -0.307 e. The average molecular weight is 270 g/mol. The number of fused-ring (bicyclic) bond motifs is 1. The molecule has 0 atom stereocenters. The molecule has 1 aliphatic heterocycles. The van der Waals surface area contributed by atoms with E-state index in [1.165, 1.54) is 17.4 Å². The van der Waals surface area contributed by atoms with Gasteiger partial charge in [0.05, 0.1) is 10.6 Å². The quantitative estimate of drug-likeness (QED) is 0.622. The maximum atomic E-state index is 12.4. The normalized spacial score (nSPS) is 12.9. The van der Waals surface area contributed by atoms with Crippen LogP contribution in [-0.2, 0) is 11.2 Å². The Morgan fingerprint density at radius 2 is 2.26 bits per heavy atom. The lowest BCUT2D eigenvalue weighted by molar-refractivity contribution is 0.0993. The van der Waals surface area contributed by atoms with Crippen LogP contribution in [-0.4, -0.2) is 18.5 Å². The van der Waals surface area contributed by atoms with Gasteiger partial charge in [-0.25, -0.2) is 4.79 Å². The summed E-state index contributed by atoms with van der Waals surface area (Å²) in [5.41, 5.74) is 2.48. The number of rotatable bonds is 2. The first kappa shape index (κ1) is 11.8. The second-order valence-corrected chi connectivity index (χ2v) is 5.15. The van der Waals surface area contributed by atoms with E-state index in [1.54, 1.807) is 17.0 Å². The molecule has 0 bridgehead atoms. The van der Waals surface area contributed by atoms with Crippen LogP contribution in [0.3, 0.4) is 0 Å². The van der Waals surface area contributed by atoms with E-state index < -0.39 is 0 Å². The molecular formula is C14H10N2O2S. The van der Waals surface area contributed by atoms with Crippen LogP contribution in [0.2, 0.25) is 0 Å². The van der Waals surface area contributed by atoms with Gasteiger partial charge in [-0.05, 0) is 35.6 Å². The number of carbonyl (C=O) groups is 1. The third kappa shape index (κ3) is 2.10. The third-order valence-corrected chi connectivity index (χ3v) is 3.97. The second-order valence-electron chi connectivity index (χ2n) is 4.20. The number of benzene rings is 1. The molecule has 94 valence electrons. The number of amides is 1. The van der Waals surface area contributed by atoms with E-state index in [1.807, 2.05) is 23.6 Å². The van der Waals surface area contributed by atoms with Crippen molar-refractivity contribution in [1.82, 2.24) is 0 Å². The number of hydrogen-bond acceptors (Lipinski definition) is 4. The number of isocyanates is 1. The van der Waals surface area contributed by atoms with Gasteiger partial charge in [-0.3, -0.25) is 4.79 Å². The van der Waals surface area contributed by atoms with Crippen LogP contribution in [0.1, 0.15) is 15.2 Å². The predicted molar refractivity (Wildman–Crippen MR) is 73.9 cm³/mol. The minimum atomic E-state index is 0.000910. The summed E-state index contributed by atoms with van der Waals surface area (Å²) in [6.07, 6.45) is 2.35. The van der Waals surface area contributed by atoms with Crippen LogP contribution in [0.15, 0.2) is 40.7 Å². The molecule has 0 spiro atoms. The summed E-state index contributed by atoms with van der Waals surface area (Å²) < 4.78 is 0. The zero-order valence-electron chi connectivity index (χ0n) is 10.00. The molecule has 0 fully saturated rings. The first-order valence-electron chi connectivity index (χ1n) is 5.86. The highest BCUT2D eigenvalue weighted by atomic mass is 32.1. The molecule has 2 aromatic rings. The summed E-state index contributed by atoms with van der Waals surface area (Å²) >= 11 is 1.43. The summed E-state index contributed by atoms with van der Waals surface area (Å²) in [6.45, 7) is 0.667. The zero-order valence-corrected chi connectivity index (χ0v) is 10.8. The van der Waals surface area contributed by atoms with Crippen molar-refractivity contribution in [2.24, 2.45) is 4.99 Å². The van der Waals surface area contributed by atoms with Crippen molar-refractivity contribution in [1.29, 1.82) is 0 Å². The fourth-order valence-corrected chi connectivity index (χ4v) is 2.91. The first-order chi connectivity index (χ1) is 9.29. The maximum absolute atomic E-state index is 12.4. The van der Waals surface area contributed by atoms with Gasteiger partial charge >= 0.3 is 0 Å². The van der Waals surface area contributed by atoms with E-state index in [0.29, 0.717) is 12.2 Å². The zero-order chi connectivity index (χ0) is 13.2. The molecule has 5 heteroatoms.